The van der Waals surface area contributed by atoms with Crippen molar-refractivity contribution in [1.82, 2.24) is 0 Å². The average Bonchev–Trinajstić information content (AvgIpc) is 2.59. The summed E-state index contributed by atoms with van der Waals surface area (Å²) in [5, 5.41) is 0. The molecule has 2 nitrogen and oxygen atoms in total. The number of hydrogen-bond acceptors (Lipinski definition) is 1. The van der Waals surface area contributed by atoms with Gasteiger partial charge in [-0.25, -0.2) is 0 Å². The first-order valence-corrected chi connectivity index (χ1v) is 7.26. The van der Waals surface area contributed by atoms with Gasteiger partial charge in [0.1, 0.15) is 5.78 Å². The molecule has 1 N–H and O–H groups in total. The van der Waals surface area contributed by atoms with Gasteiger partial charge in [0.05, 0.1) is 25.6 Å². The Labute approximate surface area is 106 Å². The summed E-state index contributed by atoms with van der Waals surface area (Å²) in [6, 6.07) is 0. The highest BCUT2D eigenvalue weighted by atomic mass is 16.1. The van der Waals surface area contributed by atoms with Gasteiger partial charge >= 0.3 is 0 Å². The van der Waals surface area contributed by atoms with Crippen LogP contribution in [0.15, 0.2) is 0 Å². The van der Waals surface area contributed by atoms with E-state index in [0.717, 1.165) is 26.1 Å². The largest absolute Gasteiger partial charge is 0.335 e. The molecule has 2 bridgehead atoms. The Kier molecular flexibility index (Phi) is 3.14. The molecule has 0 aromatic carbocycles. The van der Waals surface area contributed by atoms with Crippen LogP contribution in [-0.4, -0.2) is 25.4 Å². The van der Waals surface area contributed by atoms with Gasteiger partial charge in [-0.15, -0.1) is 0 Å². The standard InChI is InChI=1S/C15H27NO/c1-6-16(7-2)10-11-12-8-9-15(5,13(11)17)14(12,3)4/h11-12H,6-10H2,1-5H3/p+1/t11-,12-,15-/m0/s1. The van der Waals surface area contributed by atoms with Crippen molar-refractivity contribution in [3.05, 3.63) is 0 Å². The van der Waals surface area contributed by atoms with E-state index < -0.39 is 0 Å². The van der Waals surface area contributed by atoms with E-state index in [0.29, 0.717) is 17.6 Å². The van der Waals surface area contributed by atoms with Crippen molar-refractivity contribution in [2.24, 2.45) is 22.7 Å². The van der Waals surface area contributed by atoms with Crippen LogP contribution in [0.1, 0.15) is 47.5 Å². The fourth-order valence-electron chi connectivity index (χ4n) is 4.36. The maximum atomic E-state index is 12.7. The van der Waals surface area contributed by atoms with Gasteiger partial charge in [-0.05, 0) is 38.0 Å². The molecule has 0 unspecified atom stereocenters. The van der Waals surface area contributed by atoms with E-state index >= 15 is 0 Å². The van der Waals surface area contributed by atoms with E-state index in [1.807, 2.05) is 0 Å². The molecule has 2 aliphatic rings. The zero-order valence-corrected chi connectivity index (χ0v) is 12.1. The van der Waals surface area contributed by atoms with Crippen molar-refractivity contribution in [3.8, 4) is 0 Å². The van der Waals surface area contributed by atoms with Crippen LogP contribution in [0.4, 0.5) is 0 Å². The third kappa shape index (κ3) is 1.60. The first-order chi connectivity index (χ1) is 7.88. The Morgan fingerprint density at radius 1 is 1.24 bits per heavy atom. The molecule has 2 fully saturated rings. The molecular weight excluding hydrogens is 210 g/mol. The second kappa shape index (κ2) is 4.08. The van der Waals surface area contributed by atoms with Crippen LogP contribution in [0.25, 0.3) is 0 Å². The predicted molar refractivity (Wildman–Crippen MR) is 70.0 cm³/mol. The van der Waals surface area contributed by atoms with Crippen molar-refractivity contribution in [2.75, 3.05) is 19.6 Å². The van der Waals surface area contributed by atoms with Gasteiger partial charge in [0.2, 0.25) is 0 Å². The van der Waals surface area contributed by atoms with Gasteiger partial charge in [0.15, 0.2) is 0 Å². The minimum Gasteiger partial charge on any atom is -0.335 e. The van der Waals surface area contributed by atoms with E-state index in [1.54, 1.807) is 4.90 Å². The van der Waals surface area contributed by atoms with Crippen LogP contribution < -0.4 is 4.90 Å². The van der Waals surface area contributed by atoms with Gasteiger partial charge < -0.3 is 4.90 Å². The van der Waals surface area contributed by atoms with Gasteiger partial charge in [-0.3, -0.25) is 4.79 Å². The monoisotopic (exact) mass is 238 g/mol. The van der Waals surface area contributed by atoms with Gasteiger partial charge in [-0.2, -0.15) is 0 Å². The van der Waals surface area contributed by atoms with Gasteiger partial charge in [0, 0.05) is 5.41 Å². The smallest absolute Gasteiger partial charge is 0.148 e. The van der Waals surface area contributed by atoms with Crippen LogP contribution in [0.3, 0.4) is 0 Å². The number of nitrogens with one attached hydrogen (secondary N) is 1. The second-order valence-electron chi connectivity index (χ2n) is 6.83. The molecule has 2 aliphatic carbocycles. The Morgan fingerprint density at radius 3 is 2.24 bits per heavy atom. The number of Topliss-reactive ketones (excluding diaryl/α,β-unsaturated/α-hetero) is 1. The van der Waals surface area contributed by atoms with E-state index in [4.69, 9.17) is 0 Å². The lowest BCUT2D eigenvalue weighted by Gasteiger charge is -2.32. The van der Waals surface area contributed by atoms with Crippen molar-refractivity contribution in [3.63, 3.8) is 0 Å². The molecular formula is C15H28NO+. The molecule has 2 rings (SSSR count). The second-order valence-corrected chi connectivity index (χ2v) is 6.83. The molecule has 0 radical (unpaired) electrons. The lowest BCUT2D eigenvalue weighted by atomic mass is 9.70. The van der Waals surface area contributed by atoms with Crippen LogP contribution in [0, 0.1) is 22.7 Å². The number of carbonyl (C=O) groups excluding carboxylic acids is 1. The third-order valence-electron chi connectivity index (χ3n) is 6.18. The number of hydrogen-bond donors (Lipinski definition) is 1. The average molecular weight is 238 g/mol. The van der Waals surface area contributed by atoms with Crippen molar-refractivity contribution in [1.29, 1.82) is 0 Å². The van der Waals surface area contributed by atoms with E-state index in [1.165, 1.54) is 6.42 Å². The molecule has 2 saturated carbocycles. The molecule has 0 saturated heterocycles. The molecule has 0 spiro atoms. The number of rotatable bonds is 4. The SMILES string of the molecule is CC[NH+](CC)C[C@@H]1C(=O)[C@]2(C)CC[C@@H]1C2(C)C. The normalized spacial score (nSPS) is 39.3. The fourth-order valence-corrected chi connectivity index (χ4v) is 4.36. The molecule has 2 heteroatoms. The Morgan fingerprint density at radius 2 is 1.82 bits per heavy atom. The van der Waals surface area contributed by atoms with Crippen LogP contribution in [0.2, 0.25) is 0 Å². The Hall–Kier alpha value is -0.370. The van der Waals surface area contributed by atoms with Gasteiger partial charge in [-0.1, -0.05) is 20.8 Å². The predicted octanol–water partition coefficient (Wildman–Crippen LogP) is 1.55. The summed E-state index contributed by atoms with van der Waals surface area (Å²) in [5.74, 6) is 1.53. The molecule has 0 heterocycles. The maximum absolute atomic E-state index is 12.7. The Bertz CT molecular complexity index is 319. The van der Waals surface area contributed by atoms with Crippen LogP contribution in [-0.2, 0) is 4.79 Å². The first kappa shape index (κ1) is 13.1. The molecule has 0 aliphatic heterocycles. The van der Waals surface area contributed by atoms with Crippen LogP contribution in [0.5, 0.6) is 0 Å². The zero-order chi connectivity index (χ0) is 12.8. The summed E-state index contributed by atoms with van der Waals surface area (Å²) in [7, 11) is 0. The summed E-state index contributed by atoms with van der Waals surface area (Å²) in [6.45, 7) is 14.7. The lowest BCUT2D eigenvalue weighted by molar-refractivity contribution is -0.899. The molecule has 0 aromatic heterocycles. The summed E-state index contributed by atoms with van der Waals surface area (Å²) in [4.78, 5) is 14.2. The fraction of sp³-hybridized carbons (Fsp3) is 0.933. The lowest BCUT2D eigenvalue weighted by Crippen LogP contribution is -3.12. The quantitative estimate of drug-likeness (QED) is 0.788. The van der Waals surface area contributed by atoms with E-state index in [9.17, 15) is 4.79 Å². The number of quaternary nitrogens is 1. The molecule has 98 valence electrons. The molecule has 0 aromatic rings. The number of carbonyl (C=O) groups is 1. The van der Waals surface area contributed by atoms with E-state index in [-0.39, 0.29) is 10.8 Å². The molecule has 3 atom stereocenters. The summed E-state index contributed by atoms with van der Waals surface area (Å²) in [6.07, 6.45) is 2.38. The van der Waals surface area contributed by atoms with Gasteiger partial charge in [0.25, 0.3) is 0 Å². The number of ketones is 1. The summed E-state index contributed by atoms with van der Waals surface area (Å²) < 4.78 is 0. The number of fused-ring (bicyclic) bond motifs is 2. The van der Waals surface area contributed by atoms with Crippen molar-refractivity contribution in [2.45, 2.75) is 47.5 Å². The maximum Gasteiger partial charge on any atom is 0.148 e. The highest BCUT2D eigenvalue weighted by molar-refractivity contribution is 5.91. The summed E-state index contributed by atoms with van der Waals surface area (Å²) >= 11 is 0. The molecule has 0 amide bonds. The minimum atomic E-state index is -0.0328. The zero-order valence-electron chi connectivity index (χ0n) is 12.1. The van der Waals surface area contributed by atoms with Crippen molar-refractivity contribution >= 4 is 5.78 Å². The minimum absolute atomic E-state index is 0.0328. The van der Waals surface area contributed by atoms with Crippen molar-refractivity contribution < 1.29 is 9.69 Å². The highest BCUT2D eigenvalue weighted by Crippen LogP contribution is 2.65. The topological polar surface area (TPSA) is 21.5 Å². The van der Waals surface area contributed by atoms with Crippen LogP contribution >= 0.6 is 0 Å². The summed E-state index contributed by atoms with van der Waals surface area (Å²) in [5.41, 5.74) is 0.191. The first-order valence-electron chi connectivity index (χ1n) is 7.26. The molecule has 17 heavy (non-hydrogen) atoms. The Balaban J connectivity index is 2.20. The van der Waals surface area contributed by atoms with E-state index in [2.05, 4.69) is 34.6 Å². The third-order valence-corrected chi connectivity index (χ3v) is 6.18. The highest BCUT2D eigenvalue weighted by Gasteiger charge is 2.66.